The Morgan fingerprint density at radius 2 is 1.56 bits per heavy atom. The van der Waals surface area contributed by atoms with Gasteiger partial charge in [0.1, 0.15) is 16.5 Å². The molecule has 0 unspecified atom stereocenters. The third-order valence-electron chi connectivity index (χ3n) is 5.11. The van der Waals surface area contributed by atoms with Crippen LogP contribution in [-0.2, 0) is 25.0 Å². The molecule has 0 saturated carbocycles. The van der Waals surface area contributed by atoms with Crippen molar-refractivity contribution < 1.29 is 9.18 Å². The summed E-state index contributed by atoms with van der Waals surface area (Å²) in [5.41, 5.74) is 4.10. The summed E-state index contributed by atoms with van der Waals surface area (Å²) >= 11 is 1.49. The summed E-state index contributed by atoms with van der Waals surface area (Å²) in [6, 6.07) is 15.4. The van der Waals surface area contributed by atoms with E-state index < -0.39 is 0 Å². The van der Waals surface area contributed by atoms with Gasteiger partial charge in [-0.25, -0.2) is 9.37 Å². The highest BCUT2D eigenvalue weighted by Gasteiger charge is 2.16. The zero-order valence-electron chi connectivity index (χ0n) is 19.5. The van der Waals surface area contributed by atoms with Crippen LogP contribution in [-0.4, -0.2) is 21.8 Å². The van der Waals surface area contributed by atoms with Crippen molar-refractivity contribution in [1.29, 1.82) is 0 Å². The number of aromatic nitrogens is 1. The molecule has 0 radical (unpaired) electrons. The topological polar surface area (TPSA) is 45.2 Å². The fourth-order valence-corrected chi connectivity index (χ4v) is 4.21. The van der Waals surface area contributed by atoms with Gasteiger partial charge >= 0.3 is 0 Å². The van der Waals surface area contributed by atoms with Crippen molar-refractivity contribution in [2.24, 2.45) is 0 Å². The molecule has 0 spiro atoms. The molecule has 2 aromatic carbocycles. The first-order valence-corrected chi connectivity index (χ1v) is 11.8. The van der Waals surface area contributed by atoms with Crippen LogP contribution in [0.5, 0.6) is 0 Å². The van der Waals surface area contributed by atoms with Crippen LogP contribution in [0.1, 0.15) is 66.8 Å². The fourth-order valence-electron chi connectivity index (χ4n) is 3.40. The largest absolute Gasteiger partial charge is 0.349 e. The van der Waals surface area contributed by atoms with E-state index in [1.54, 1.807) is 5.38 Å². The molecule has 4 nitrogen and oxygen atoms in total. The van der Waals surface area contributed by atoms with Crippen LogP contribution in [0, 0.1) is 5.82 Å². The third-order valence-corrected chi connectivity index (χ3v) is 5.94. The second-order valence-electron chi connectivity index (χ2n) is 9.47. The van der Waals surface area contributed by atoms with E-state index in [1.807, 2.05) is 26.0 Å². The second kappa shape index (κ2) is 10.4. The SMILES string of the molecule is CC(C)NC(=O)c1csc(CN(Cc2ccc(F)cc2)Cc2ccc(C(C)(C)C)cc2)n1. The van der Waals surface area contributed by atoms with Crippen LogP contribution in [0.4, 0.5) is 4.39 Å². The molecule has 0 bridgehead atoms. The highest BCUT2D eigenvalue weighted by molar-refractivity contribution is 7.09. The number of hydrogen-bond donors (Lipinski definition) is 1. The lowest BCUT2D eigenvalue weighted by atomic mass is 9.87. The van der Waals surface area contributed by atoms with Crippen LogP contribution < -0.4 is 5.32 Å². The molecule has 1 aromatic heterocycles. The molecule has 3 aromatic rings. The van der Waals surface area contributed by atoms with Crippen molar-refractivity contribution in [3.63, 3.8) is 0 Å². The van der Waals surface area contributed by atoms with Gasteiger partial charge in [0, 0.05) is 24.5 Å². The Morgan fingerprint density at radius 1 is 1.00 bits per heavy atom. The molecule has 1 N–H and O–H groups in total. The number of nitrogens with zero attached hydrogens (tertiary/aromatic N) is 2. The number of nitrogens with one attached hydrogen (secondary N) is 1. The molecule has 0 aliphatic carbocycles. The molecule has 0 aliphatic rings. The number of halogens is 1. The zero-order valence-corrected chi connectivity index (χ0v) is 20.3. The van der Waals surface area contributed by atoms with Gasteiger partial charge in [0.2, 0.25) is 0 Å². The summed E-state index contributed by atoms with van der Waals surface area (Å²) in [7, 11) is 0. The van der Waals surface area contributed by atoms with Gasteiger partial charge in [0.25, 0.3) is 5.91 Å². The number of carbonyl (C=O) groups is 1. The van der Waals surface area contributed by atoms with Crippen LogP contribution in [0.3, 0.4) is 0 Å². The minimum Gasteiger partial charge on any atom is -0.349 e. The van der Waals surface area contributed by atoms with Crippen LogP contribution in [0.15, 0.2) is 53.9 Å². The van der Waals surface area contributed by atoms with E-state index in [0.29, 0.717) is 18.8 Å². The first-order valence-electron chi connectivity index (χ1n) is 10.9. The van der Waals surface area contributed by atoms with E-state index in [4.69, 9.17) is 0 Å². The Labute approximate surface area is 194 Å². The summed E-state index contributed by atoms with van der Waals surface area (Å²) in [4.78, 5) is 19.1. The summed E-state index contributed by atoms with van der Waals surface area (Å²) in [5, 5.41) is 5.57. The number of rotatable bonds is 8. The maximum absolute atomic E-state index is 13.4. The predicted octanol–water partition coefficient (Wildman–Crippen LogP) is 5.92. The number of benzene rings is 2. The molecule has 0 saturated heterocycles. The molecule has 1 heterocycles. The predicted molar refractivity (Wildman–Crippen MR) is 129 cm³/mol. The summed E-state index contributed by atoms with van der Waals surface area (Å²) in [6.45, 7) is 12.5. The molecule has 0 atom stereocenters. The monoisotopic (exact) mass is 453 g/mol. The van der Waals surface area contributed by atoms with Crippen molar-refractivity contribution in [2.45, 2.75) is 65.7 Å². The smallest absolute Gasteiger partial charge is 0.270 e. The standard InChI is InChI=1S/C26H32FN3OS/c1-18(2)28-25(31)23-17-32-24(29-23)16-30(15-20-8-12-22(27)13-9-20)14-19-6-10-21(11-7-19)26(3,4)5/h6-13,17-18H,14-16H2,1-5H3,(H,28,31). The van der Waals surface area contributed by atoms with E-state index in [-0.39, 0.29) is 23.2 Å². The summed E-state index contributed by atoms with van der Waals surface area (Å²) in [6.07, 6.45) is 0. The zero-order chi connectivity index (χ0) is 23.3. The van der Waals surface area contributed by atoms with Gasteiger partial charge in [-0.05, 0) is 48.1 Å². The maximum Gasteiger partial charge on any atom is 0.270 e. The molecule has 0 fully saturated rings. The number of hydrogen-bond acceptors (Lipinski definition) is 4. The van der Waals surface area contributed by atoms with Gasteiger partial charge in [-0.3, -0.25) is 9.69 Å². The van der Waals surface area contributed by atoms with E-state index in [2.05, 4.69) is 60.2 Å². The Kier molecular flexibility index (Phi) is 7.80. The van der Waals surface area contributed by atoms with E-state index in [9.17, 15) is 9.18 Å². The molecular formula is C26H32FN3OS. The first kappa shape index (κ1) is 24.1. The molecule has 1 amide bonds. The lowest BCUT2D eigenvalue weighted by Crippen LogP contribution is -2.30. The van der Waals surface area contributed by atoms with Gasteiger partial charge < -0.3 is 5.32 Å². The van der Waals surface area contributed by atoms with Gasteiger partial charge in [0.15, 0.2) is 0 Å². The Bertz CT molecular complexity index is 1020. The Hall–Kier alpha value is -2.57. The van der Waals surface area contributed by atoms with Crippen molar-refractivity contribution >= 4 is 17.2 Å². The van der Waals surface area contributed by atoms with Gasteiger partial charge in [-0.1, -0.05) is 57.2 Å². The van der Waals surface area contributed by atoms with Gasteiger partial charge in [-0.2, -0.15) is 0 Å². The summed E-state index contributed by atoms with van der Waals surface area (Å²) < 4.78 is 13.4. The normalized spacial score (nSPS) is 11.9. The quantitative estimate of drug-likeness (QED) is 0.460. The van der Waals surface area contributed by atoms with Crippen molar-refractivity contribution in [3.8, 4) is 0 Å². The van der Waals surface area contributed by atoms with Crippen molar-refractivity contribution in [3.05, 3.63) is 87.1 Å². The maximum atomic E-state index is 13.4. The number of amides is 1. The molecule has 32 heavy (non-hydrogen) atoms. The molecule has 0 aliphatic heterocycles. The first-order chi connectivity index (χ1) is 15.1. The number of carbonyl (C=O) groups excluding carboxylic acids is 1. The van der Waals surface area contributed by atoms with E-state index in [0.717, 1.165) is 17.1 Å². The number of thiazole rings is 1. The van der Waals surface area contributed by atoms with Crippen molar-refractivity contribution in [1.82, 2.24) is 15.2 Å². The lowest BCUT2D eigenvalue weighted by molar-refractivity contribution is 0.0938. The highest BCUT2D eigenvalue weighted by atomic mass is 32.1. The third kappa shape index (κ3) is 6.97. The highest BCUT2D eigenvalue weighted by Crippen LogP contribution is 2.23. The minimum atomic E-state index is -0.237. The average Bonchev–Trinajstić information content (AvgIpc) is 3.17. The minimum absolute atomic E-state index is 0.0682. The van der Waals surface area contributed by atoms with Gasteiger partial charge in [0.05, 0.1) is 6.54 Å². The van der Waals surface area contributed by atoms with Crippen molar-refractivity contribution in [2.75, 3.05) is 0 Å². The average molecular weight is 454 g/mol. The second-order valence-corrected chi connectivity index (χ2v) is 10.4. The molecule has 6 heteroatoms. The molecule has 3 rings (SSSR count). The van der Waals surface area contributed by atoms with Crippen LogP contribution >= 0.6 is 11.3 Å². The Morgan fingerprint density at radius 3 is 2.09 bits per heavy atom. The fraction of sp³-hybridized carbons (Fsp3) is 0.385. The Balaban J connectivity index is 1.77. The van der Waals surface area contributed by atoms with Gasteiger partial charge in [-0.15, -0.1) is 11.3 Å². The molecular weight excluding hydrogens is 421 g/mol. The van der Waals surface area contributed by atoms with E-state index >= 15 is 0 Å². The molecule has 170 valence electrons. The summed E-state index contributed by atoms with van der Waals surface area (Å²) in [5.74, 6) is -0.385. The van der Waals surface area contributed by atoms with Crippen LogP contribution in [0.2, 0.25) is 0 Å². The van der Waals surface area contributed by atoms with Crippen LogP contribution in [0.25, 0.3) is 0 Å². The lowest BCUT2D eigenvalue weighted by Gasteiger charge is -2.23. The van der Waals surface area contributed by atoms with E-state index in [1.165, 1.54) is 34.6 Å².